The molecule has 2 rings (SSSR count). The van der Waals surface area contributed by atoms with Crippen LogP contribution in [0.2, 0.25) is 0 Å². The third-order valence-electron chi connectivity index (χ3n) is 4.20. The Labute approximate surface area is 120 Å². The van der Waals surface area contributed by atoms with E-state index in [0.29, 0.717) is 25.6 Å². The molecule has 1 unspecified atom stereocenters. The van der Waals surface area contributed by atoms with Crippen LogP contribution in [0.25, 0.3) is 0 Å². The van der Waals surface area contributed by atoms with E-state index in [9.17, 15) is 4.79 Å². The standard InChI is InChI=1S/C15H24N2O3/c1-5-19-14(18)15(11(2)3)6-7-17(10-15)9-13-16-8-12(4)20-13/h8,11H,5-7,9-10H2,1-4H3. The summed E-state index contributed by atoms with van der Waals surface area (Å²) in [6, 6.07) is 0. The number of rotatable bonds is 5. The average molecular weight is 280 g/mol. The molecule has 1 aromatic rings. The molecule has 1 aliphatic heterocycles. The van der Waals surface area contributed by atoms with E-state index in [0.717, 1.165) is 18.7 Å². The van der Waals surface area contributed by atoms with Gasteiger partial charge in [-0.05, 0) is 32.7 Å². The Morgan fingerprint density at radius 2 is 2.35 bits per heavy atom. The highest BCUT2D eigenvalue weighted by atomic mass is 16.5. The van der Waals surface area contributed by atoms with E-state index in [4.69, 9.17) is 9.15 Å². The molecule has 1 fully saturated rings. The van der Waals surface area contributed by atoms with Gasteiger partial charge in [0.1, 0.15) is 5.76 Å². The Morgan fingerprint density at radius 1 is 1.60 bits per heavy atom. The zero-order valence-electron chi connectivity index (χ0n) is 12.8. The van der Waals surface area contributed by atoms with Crippen molar-refractivity contribution >= 4 is 5.97 Å². The van der Waals surface area contributed by atoms with Crippen LogP contribution in [0.1, 0.15) is 38.8 Å². The summed E-state index contributed by atoms with van der Waals surface area (Å²) in [6.45, 7) is 10.6. The van der Waals surface area contributed by atoms with Crippen molar-refractivity contribution in [1.29, 1.82) is 0 Å². The molecule has 112 valence electrons. The number of ether oxygens (including phenoxy) is 1. The number of oxazole rings is 1. The van der Waals surface area contributed by atoms with Crippen molar-refractivity contribution in [3.63, 3.8) is 0 Å². The summed E-state index contributed by atoms with van der Waals surface area (Å²) >= 11 is 0. The van der Waals surface area contributed by atoms with Gasteiger partial charge >= 0.3 is 5.97 Å². The van der Waals surface area contributed by atoms with Crippen LogP contribution in [0, 0.1) is 18.3 Å². The van der Waals surface area contributed by atoms with Crippen LogP contribution in [0.4, 0.5) is 0 Å². The highest BCUT2D eigenvalue weighted by Crippen LogP contribution is 2.39. The topological polar surface area (TPSA) is 55.6 Å². The third kappa shape index (κ3) is 2.87. The van der Waals surface area contributed by atoms with Gasteiger partial charge in [-0.3, -0.25) is 9.69 Å². The molecular formula is C15H24N2O3. The predicted molar refractivity (Wildman–Crippen MR) is 75.0 cm³/mol. The third-order valence-corrected chi connectivity index (χ3v) is 4.20. The second-order valence-corrected chi connectivity index (χ2v) is 5.86. The quantitative estimate of drug-likeness (QED) is 0.775. The van der Waals surface area contributed by atoms with Crippen LogP contribution < -0.4 is 0 Å². The normalized spacial score (nSPS) is 23.4. The van der Waals surface area contributed by atoms with Gasteiger partial charge in [0.05, 0.1) is 24.8 Å². The summed E-state index contributed by atoms with van der Waals surface area (Å²) in [5.74, 6) is 1.73. The molecule has 1 aromatic heterocycles. The second kappa shape index (κ2) is 5.95. The van der Waals surface area contributed by atoms with Crippen molar-refractivity contribution in [2.24, 2.45) is 11.3 Å². The zero-order chi connectivity index (χ0) is 14.8. The Bertz CT molecular complexity index is 469. The number of hydrogen-bond acceptors (Lipinski definition) is 5. The van der Waals surface area contributed by atoms with Crippen LogP contribution in [-0.2, 0) is 16.1 Å². The molecule has 1 atom stereocenters. The maximum absolute atomic E-state index is 12.3. The number of likely N-dealkylation sites (tertiary alicyclic amines) is 1. The summed E-state index contributed by atoms with van der Waals surface area (Å²) in [5, 5.41) is 0. The summed E-state index contributed by atoms with van der Waals surface area (Å²) < 4.78 is 10.8. The second-order valence-electron chi connectivity index (χ2n) is 5.86. The lowest BCUT2D eigenvalue weighted by atomic mass is 9.76. The minimum atomic E-state index is -0.391. The molecule has 0 spiro atoms. The summed E-state index contributed by atoms with van der Waals surface area (Å²) in [6.07, 6.45) is 2.57. The van der Waals surface area contributed by atoms with Crippen LogP contribution in [-0.4, -0.2) is 35.5 Å². The van der Waals surface area contributed by atoms with Gasteiger partial charge in [-0.25, -0.2) is 4.98 Å². The monoisotopic (exact) mass is 280 g/mol. The van der Waals surface area contributed by atoms with Crippen molar-refractivity contribution in [3.05, 3.63) is 17.8 Å². The number of carbonyl (C=O) groups is 1. The molecule has 2 heterocycles. The van der Waals surface area contributed by atoms with Gasteiger partial charge in [0, 0.05) is 6.54 Å². The lowest BCUT2D eigenvalue weighted by Gasteiger charge is -2.30. The SMILES string of the molecule is CCOC(=O)C1(C(C)C)CCN(Cc2ncc(C)o2)C1. The zero-order valence-corrected chi connectivity index (χ0v) is 12.8. The van der Waals surface area contributed by atoms with Gasteiger partial charge in [0.15, 0.2) is 0 Å². The number of aryl methyl sites for hydroxylation is 1. The molecule has 0 N–H and O–H groups in total. The molecule has 5 nitrogen and oxygen atoms in total. The van der Waals surface area contributed by atoms with E-state index in [1.165, 1.54) is 0 Å². The number of aromatic nitrogens is 1. The molecule has 5 heteroatoms. The Balaban J connectivity index is 2.05. The Morgan fingerprint density at radius 3 is 2.90 bits per heavy atom. The average Bonchev–Trinajstić information content (AvgIpc) is 2.98. The molecule has 0 radical (unpaired) electrons. The van der Waals surface area contributed by atoms with E-state index in [2.05, 4.69) is 23.7 Å². The van der Waals surface area contributed by atoms with E-state index in [-0.39, 0.29) is 11.9 Å². The lowest BCUT2D eigenvalue weighted by molar-refractivity contribution is -0.157. The van der Waals surface area contributed by atoms with Gasteiger partial charge in [-0.15, -0.1) is 0 Å². The predicted octanol–water partition coefficient (Wildman–Crippen LogP) is 2.39. The van der Waals surface area contributed by atoms with Crippen LogP contribution in [0.15, 0.2) is 10.6 Å². The van der Waals surface area contributed by atoms with Gasteiger partial charge in [-0.1, -0.05) is 13.8 Å². The molecule has 1 saturated heterocycles. The van der Waals surface area contributed by atoms with Crippen molar-refractivity contribution in [2.75, 3.05) is 19.7 Å². The summed E-state index contributed by atoms with van der Waals surface area (Å²) in [5.41, 5.74) is -0.391. The first-order valence-corrected chi connectivity index (χ1v) is 7.29. The van der Waals surface area contributed by atoms with Crippen LogP contribution in [0.5, 0.6) is 0 Å². The number of hydrogen-bond donors (Lipinski definition) is 0. The number of carbonyl (C=O) groups excluding carboxylic acids is 1. The van der Waals surface area contributed by atoms with E-state index >= 15 is 0 Å². The molecule has 20 heavy (non-hydrogen) atoms. The molecule has 0 aromatic carbocycles. The smallest absolute Gasteiger partial charge is 0.313 e. The fourth-order valence-corrected chi connectivity index (χ4v) is 2.86. The first kappa shape index (κ1) is 15.0. The van der Waals surface area contributed by atoms with Crippen molar-refractivity contribution in [1.82, 2.24) is 9.88 Å². The molecular weight excluding hydrogens is 256 g/mol. The highest BCUT2D eigenvalue weighted by molar-refractivity contribution is 5.78. The summed E-state index contributed by atoms with van der Waals surface area (Å²) in [7, 11) is 0. The Kier molecular flexibility index (Phi) is 4.48. The molecule has 0 bridgehead atoms. The molecule has 0 aliphatic carbocycles. The maximum atomic E-state index is 12.3. The van der Waals surface area contributed by atoms with Crippen molar-refractivity contribution in [2.45, 2.75) is 40.7 Å². The lowest BCUT2D eigenvalue weighted by Crippen LogP contribution is -2.40. The largest absolute Gasteiger partial charge is 0.466 e. The van der Waals surface area contributed by atoms with Crippen molar-refractivity contribution < 1.29 is 13.9 Å². The van der Waals surface area contributed by atoms with E-state index in [1.807, 2.05) is 13.8 Å². The van der Waals surface area contributed by atoms with E-state index < -0.39 is 5.41 Å². The molecule has 0 amide bonds. The van der Waals surface area contributed by atoms with Gasteiger partial charge in [0.2, 0.25) is 5.89 Å². The van der Waals surface area contributed by atoms with Crippen LogP contribution >= 0.6 is 0 Å². The first-order chi connectivity index (χ1) is 9.48. The fraction of sp³-hybridized carbons (Fsp3) is 0.733. The first-order valence-electron chi connectivity index (χ1n) is 7.29. The van der Waals surface area contributed by atoms with E-state index in [1.54, 1.807) is 6.20 Å². The van der Waals surface area contributed by atoms with Gasteiger partial charge < -0.3 is 9.15 Å². The minimum absolute atomic E-state index is 0.0684. The van der Waals surface area contributed by atoms with Gasteiger partial charge in [0.25, 0.3) is 0 Å². The fourth-order valence-electron chi connectivity index (χ4n) is 2.86. The highest BCUT2D eigenvalue weighted by Gasteiger charge is 2.48. The number of nitrogens with zero attached hydrogens (tertiary/aromatic N) is 2. The van der Waals surface area contributed by atoms with Gasteiger partial charge in [-0.2, -0.15) is 0 Å². The Hall–Kier alpha value is -1.36. The van der Waals surface area contributed by atoms with Crippen LogP contribution in [0.3, 0.4) is 0 Å². The van der Waals surface area contributed by atoms with Crippen molar-refractivity contribution in [3.8, 4) is 0 Å². The summed E-state index contributed by atoms with van der Waals surface area (Å²) in [4.78, 5) is 18.8. The maximum Gasteiger partial charge on any atom is 0.313 e. The molecule has 1 aliphatic rings. The molecule has 0 saturated carbocycles. The minimum Gasteiger partial charge on any atom is -0.466 e. The number of esters is 1.